The number of ether oxygens (including phenoxy) is 1. The highest BCUT2D eigenvalue weighted by atomic mass is 16.5. The molecule has 1 aromatic heterocycles. The highest BCUT2D eigenvalue weighted by molar-refractivity contribution is 6.25. The standard InChI is InChI=1S/C23H21N3O4/c1-30-20-11-10-15(14-25-20)13-24-19(27)9-4-12-26-22(28)17-7-2-5-16-6-3-8-18(21(16)17)23(26)29/h2-3,5-8,10-11,14H,4,9,12-13H2,1H3,(H,24,27). The van der Waals surface area contributed by atoms with Crippen molar-refractivity contribution in [3.8, 4) is 5.88 Å². The van der Waals surface area contributed by atoms with E-state index in [0.29, 0.717) is 35.4 Å². The second-order valence-corrected chi connectivity index (χ2v) is 7.06. The summed E-state index contributed by atoms with van der Waals surface area (Å²) in [7, 11) is 1.54. The Morgan fingerprint density at radius 2 is 1.73 bits per heavy atom. The molecule has 30 heavy (non-hydrogen) atoms. The van der Waals surface area contributed by atoms with Crippen LogP contribution in [0.3, 0.4) is 0 Å². The van der Waals surface area contributed by atoms with Gasteiger partial charge in [-0.15, -0.1) is 0 Å². The van der Waals surface area contributed by atoms with Gasteiger partial charge in [0, 0.05) is 48.3 Å². The number of rotatable bonds is 7. The monoisotopic (exact) mass is 403 g/mol. The van der Waals surface area contributed by atoms with Gasteiger partial charge in [0.05, 0.1) is 7.11 Å². The minimum Gasteiger partial charge on any atom is -0.481 e. The van der Waals surface area contributed by atoms with E-state index in [1.54, 1.807) is 31.5 Å². The second kappa shape index (κ2) is 8.32. The van der Waals surface area contributed by atoms with Gasteiger partial charge in [-0.2, -0.15) is 0 Å². The lowest BCUT2D eigenvalue weighted by Gasteiger charge is -2.27. The topological polar surface area (TPSA) is 88.6 Å². The number of hydrogen-bond acceptors (Lipinski definition) is 5. The summed E-state index contributed by atoms with van der Waals surface area (Å²) in [6, 6.07) is 14.4. The predicted molar refractivity (Wildman–Crippen MR) is 111 cm³/mol. The van der Waals surface area contributed by atoms with Crippen LogP contribution in [0, 0.1) is 0 Å². The maximum absolute atomic E-state index is 12.8. The van der Waals surface area contributed by atoms with Crippen molar-refractivity contribution in [2.75, 3.05) is 13.7 Å². The SMILES string of the molecule is COc1ccc(CNC(=O)CCCN2C(=O)c3cccc4cccc(c34)C2=O)cn1. The molecular weight excluding hydrogens is 382 g/mol. The average molecular weight is 403 g/mol. The Morgan fingerprint density at radius 3 is 2.33 bits per heavy atom. The minimum absolute atomic E-state index is 0.148. The Hall–Kier alpha value is -3.74. The summed E-state index contributed by atoms with van der Waals surface area (Å²) in [5.74, 6) is -0.258. The lowest BCUT2D eigenvalue weighted by Crippen LogP contribution is -2.41. The van der Waals surface area contributed by atoms with E-state index < -0.39 is 0 Å². The maximum atomic E-state index is 12.8. The van der Waals surface area contributed by atoms with Crippen LogP contribution in [0.4, 0.5) is 0 Å². The molecule has 2 heterocycles. The Morgan fingerprint density at radius 1 is 1.03 bits per heavy atom. The minimum atomic E-state index is -0.311. The van der Waals surface area contributed by atoms with Gasteiger partial charge in [-0.1, -0.05) is 30.3 Å². The summed E-state index contributed by atoms with van der Waals surface area (Å²) >= 11 is 0. The van der Waals surface area contributed by atoms with E-state index in [1.807, 2.05) is 30.3 Å². The molecule has 2 aromatic carbocycles. The summed E-state index contributed by atoms with van der Waals surface area (Å²) in [6.07, 6.45) is 2.25. The molecule has 152 valence electrons. The van der Waals surface area contributed by atoms with E-state index in [4.69, 9.17) is 4.74 Å². The van der Waals surface area contributed by atoms with Crippen LogP contribution in [-0.4, -0.2) is 41.3 Å². The average Bonchev–Trinajstić information content (AvgIpc) is 2.78. The Bertz CT molecular complexity index is 1070. The van der Waals surface area contributed by atoms with Crippen LogP contribution in [-0.2, 0) is 11.3 Å². The van der Waals surface area contributed by atoms with E-state index in [2.05, 4.69) is 10.3 Å². The molecule has 0 bridgehead atoms. The van der Waals surface area contributed by atoms with Crippen molar-refractivity contribution in [3.63, 3.8) is 0 Å². The van der Waals surface area contributed by atoms with Crippen molar-refractivity contribution < 1.29 is 19.1 Å². The third-order valence-corrected chi connectivity index (χ3v) is 5.14. The molecule has 0 unspecified atom stereocenters. The quantitative estimate of drug-likeness (QED) is 0.613. The van der Waals surface area contributed by atoms with Crippen LogP contribution in [0.2, 0.25) is 0 Å². The van der Waals surface area contributed by atoms with Crippen molar-refractivity contribution >= 4 is 28.5 Å². The molecule has 0 fully saturated rings. The van der Waals surface area contributed by atoms with E-state index in [-0.39, 0.29) is 30.7 Å². The number of carbonyl (C=O) groups is 3. The normalized spacial score (nSPS) is 12.9. The Labute approximate surface area is 173 Å². The zero-order valence-corrected chi connectivity index (χ0v) is 16.6. The fraction of sp³-hybridized carbons (Fsp3) is 0.217. The van der Waals surface area contributed by atoms with E-state index in [0.717, 1.165) is 10.9 Å². The van der Waals surface area contributed by atoms with Crippen molar-refractivity contribution in [2.45, 2.75) is 19.4 Å². The van der Waals surface area contributed by atoms with Gasteiger partial charge in [0.2, 0.25) is 11.8 Å². The number of carbonyl (C=O) groups excluding carboxylic acids is 3. The molecule has 0 saturated carbocycles. The molecule has 3 aromatic rings. The predicted octanol–water partition coefficient (Wildman–Crippen LogP) is 2.94. The highest BCUT2D eigenvalue weighted by Gasteiger charge is 2.32. The number of nitrogens with zero attached hydrogens (tertiary/aromatic N) is 2. The van der Waals surface area contributed by atoms with Gasteiger partial charge >= 0.3 is 0 Å². The van der Waals surface area contributed by atoms with Gasteiger partial charge in [-0.3, -0.25) is 19.3 Å². The number of aromatic nitrogens is 1. The number of imide groups is 1. The first kappa shape index (κ1) is 19.6. The van der Waals surface area contributed by atoms with Crippen LogP contribution >= 0.6 is 0 Å². The number of benzene rings is 2. The van der Waals surface area contributed by atoms with Gasteiger partial charge in [-0.05, 0) is 29.5 Å². The van der Waals surface area contributed by atoms with Crippen LogP contribution in [0.5, 0.6) is 5.88 Å². The lowest BCUT2D eigenvalue weighted by atomic mass is 9.94. The molecular formula is C23H21N3O4. The number of nitrogens with one attached hydrogen (secondary N) is 1. The fourth-order valence-corrected chi connectivity index (χ4v) is 3.61. The largest absolute Gasteiger partial charge is 0.481 e. The van der Waals surface area contributed by atoms with E-state index in [9.17, 15) is 14.4 Å². The molecule has 1 aliphatic rings. The molecule has 1 N–H and O–H groups in total. The molecule has 7 nitrogen and oxygen atoms in total. The van der Waals surface area contributed by atoms with Gasteiger partial charge in [0.15, 0.2) is 0 Å². The van der Waals surface area contributed by atoms with Gasteiger partial charge in [0.1, 0.15) is 0 Å². The first-order valence-corrected chi connectivity index (χ1v) is 9.72. The van der Waals surface area contributed by atoms with Crippen LogP contribution in [0.25, 0.3) is 10.8 Å². The molecule has 0 saturated heterocycles. The van der Waals surface area contributed by atoms with Crippen molar-refractivity contribution in [3.05, 3.63) is 71.4 Å². The highest BCUT2D eigenvalue weighted by Crippen LogP contribution is 2.30. The third kappa shape index (κ3) is 3.74. The van der Waals surface area contributed by atoms with Crippen molar-refractivity contribution in [2.24, 2.45) is 0 Å². The number of amides is 3. The first-order chi connectivity index (χ1) is 14.6. The molecule has 1 aliphatic heterocycles. The molecule has 4 rings (SSSR count). The fourth-order valence-electron chi connectivity index (χ4n) is 3.61. The third-order valence-electron chi connectivity index (χ3n) is 5.14. The molecule has 0 atom stereocenters. The van der Waals surface area contributed by atoms with Crippen LogP contribution in [0.1, 0.15) is 39.1 Å². The molecule has 3 amide bonds. The van der Waals surface area contributed by atoms with E-state index >= 15 is 0 Å². The number of methoxy groups -OCH3 is 1. The van der Waals surface area contributed by atoms with Gasteiger partial charge < -0.3 is 10.1 Å². The Balaban J connectivity index is 1.34. The van der Waals surface area contributed by atoms with Crippen molar-refractivity contribution in [1.29, 1.82) is 0 Å². The smallest absolute Gasteiger partial charge is 0.261 e. The summed E-state index contributed by atoms with van der Waals surface area (Å²) < 4.78 is 5.00. The van der Waals surface area contributed by atoms with E-state index in [1.165, 1.54) is 4.90 Å². The molecule has 0 spiro atoms. The summed E-state index contributed by atoms with van der Waals surface area (Å²) in [4.78, 5) is 43.2. The zero-order valence-electron chi connectivity index (χ0n) is 16.6. The van der Waals surface area contributed by atoms with Gasteiger partial charge in [-0.25, -0.2) is 4.98 Å². The summed E-state index contributed by atoms with van der Waals surface area (Å²) in [5, 5.41) is 4.40. The Kier molecular flexibility index (Phi) is 5.43. The maximum Gasteiger partial charge on any atom is 0.261 e. The second-order valence-electron chi connectivity index (χ2n) is 7.06. The number of pyridine rings is 1. The summed E-state index contributed by atoms with van der Waals surface area (Å²) in [5.41, 5.74) is 1.91. The van der Waals surface area contributed by atoms with Crippen LogP contribution < -0.4 is 10.1 Å². The summed E-state index contributed by atoms with van der Waals surface area (Å²) in [6.45, 7) is 0.548. The molecule has 0 aliphatic carbocycles. The zero-order chi connectivity index (χ0) is 21.1. The molecule has 0 radical (unpaired) electrons. The lowest BCUT2D eigenvalue weighted by molar-refractivity contribution is -0.121. The first-order valence-electron chi connectivity index (χ1n) is 9.72. The van der Waals surface area contributed by atoms with Crippen molar-refractivity contribution in [1.82, 2.24) is 15.2 Å². The van der Waals surface area contributed by atoms with Crippen LogP contribution in [0.15, 0.2) is 54.7 Å². The number of hydrogen-bond donors (Lipinski definition) is 1. The van der Waals surface area contributed by atoms with Gasteiger partial charge in [0.25, 0.3) is 11.8 Å². The molecule has 7 heteroatoms.